The van der Waals surface area contributed by atoms with Gasteiger partial charge in [0.1, 0.15) is 11.3 Å². The summed E-state index contributed by atoms with van der Waals surface area (Å²) in [5.74, 6) is -1.04. The van der Waals surface area contributed by atoms with Gasteiger partial charge in [-0.2, -0.15) is 0 Å². The van der Waals surface area contributed by atoms with Crippen molar-refractivity contribution in [3.8, 4) is 5.75 Å². The van der Waals surface area contributed by atoms with Crippen LogP contribution in [0.15, 0.2) is 18.2 Å². The van der Waals surface area contributed by atoms with Crippen molar-refractivity contribution < 1.29 is 19.4 Å². The van der Waals surface area contributed by atoms with E-state index in [1.807, 2.05) is 22.6 Å². The molecule has 1 atom stereocenters. The summed E-state index contributed by atoms with van der Waals surface area (Å²) < 4.78 is 6.34. The summed E-state index contributed by atoms with van der Waals surface area (Å²) in [4.78, 5) is 23.3. The van der Waals surface area contributed by atoms with Gasteiger partial charge < -0.3 is 15.2 Å². The Kier molecular flexibility index (Phi) is 5.44. The van der Waals surface area contributed by atoms with Gasteiger partial charge in [0, 0.05) is 9.61 Å². The fourth-order valence-corrected chi connectivity index (χ4v) is 2.90. The molecule has 2 N–H and O–H groups in total. The summed E-state index contributed by atoms with van der Waals surface area (Å²) in [6.45, 7) is 1.63. The molecule has 1 aromatic carbocycles. The molecule has 6 heteroatoms. The highest BCUT2D eigenvalue weighted by Crippen LogP contribution is 2.23. The normalized spacial score (nSPS) is 16.5. The molecule has 1 aliphatic rings. The van der Waals surface area contributed by atoms with Crippen LogP contribution in [0, 0.1) is 3.57 Å². The molecule has 1 saturated carbocycles. The van der Waals surface area contributed by atoms with Gasteiger partial charge in [-0.3, -0.25) is 4.79 Å². The van der Waals surface area contributed by atoms with E-state index in [1.54, 1.807) is 19.1 Å². The number of carboxylic acid groups (broad SMARTS) is 1. The number of hydrogen-bond acceptors (Lipinski definition) is 3. The molecule has 0 spiro atoms. The van der Waals surface area contributed by atoms with E-state index in [-0.39, 0.29) is 23.3 Å². The second-order valence-electron chi connectivity index (χ2n) is 5.20. The number of halogens is 1. The Morgan fingerprint density at radius 2 is 2.05 bits per heavy atom. The minimum absolute atomic E-state index is 0.0717. The van der Waals surface area contributed by atoms with Crippen LogP contribution >= 0.6 is 22.6 Å². The number of nitrogens with one attached hydrogen (secondary N) is 1. The van der Waals surface area contributed by atoms with Gasteiger partial charge in [-0.15, -0.1) is 0 Å². The van der Waals surface area contributed by atoms with Crippen molar-refractivity contribution in [2.45, 2.75) is 44.8 Å². The van der Waals surface area contributed by atoms with Gasteiger partial charge in [0.25, 0.3) is 5.91 Å². The molecule has 0 bridgehead atoms. The zero-order valence-electron chi connectivity index (χ0n) is 11.8. The summed E-state index contributed by atoms with van der Waals surface area (Å²) in [6.07, 6.45) is 3.56. The van der Waals surface area contributed by atoms with Crippen molar-refractivity contribution in [2.24, 2.45) is 0 Å². The van der Waals surface area contributed by atoms with Crippen LogP contribution in [0.1, 0.15) is 43.0 Å². The molecule has 0 aliphatic heterocycles. The van der Waals surface area contributed by atoms with Crippen LogP contribution in [0.3, 0.4) is 0 Å². The molecule has 0 aromatic heterocycles. The molecule has 1 fully saturated rings. The first-order chi connectivity index (χ1) is 9.97. The van der Waals surface area contributed by atoms with E-state index < -0.39 is 12.1 Å². The first kappa shape index (κ1) is 16.1. The van der Waals surface area contributed by atoms with Crippen LogP contribution < -0.4 is 10.1 Å². The fraction of sp³-hybridized carbons (Fsp3) is 0.467. The number of rotatable bonds is 5. The SMILES string of the molecule is CC(Oc1ccc(I)cc1C(=O)O)C(=O)NC1CCCC1. The highest BCUT2D eigenvalue weighted by Gasteiger charge is 2.23. The van der Waals surface area contributed by atoms with Crippen LogP contribution in [-0.4, -0.2) is 29.1 Å². The summed E-state index contributed by atoms with van der Waals surface area (Å²) >= 11 is 2.04. The quantitative estimate of drug-likeness (QED) is 0.742. The Balaban J connectivity index is 2.03. The Hall–Kier alpha value is -1.31. The van der Waals surface area contributed by atoms with Gasteiger partial charge in [-0.1, -0.05) is 12.8 Å². The number of hydrogen-bond donors (Lipinski definition) is 2. The topological polar surface area (TPSA) is 75.6 Å². The fourth-order valence-electron chi connectivity index (χ4n) is 2.40. The van der Waals surface area contributed by atoms with E-state index in [0.29, 0.717) is 0 Å². The van der Waals surface area contributed by atoms with E-state index >= 15 is 0 Å². The standard InChI is InChI=1S/C15H18INO4/c1-9(14(18)17-11-4-2-3-5-11)21-13-7-6-10(16)8-12(13)15(19)20/h6-9,11H,2-5H2,1H3,(H,17,18)(H,19,20). The van der Waals surface area contributed by atoms with Gasteiger partial charge in [-0.25, -0.2) is 4.79 Å². The molecule has 114 valence electrons. The maximum atomic E-state index is 12.1. The minimum Gasteiger partial charge on any atom is -0.480 e. The highest BCUT2D eigenvalue weighted by molar-refractivity contribution is 14.1. The molecule has 1 amide bonds. The Morgan fingerprint density at radius 1 is 1.38 bits per heavy atom. The number of benzene rings is 1. The smallest absolute Gasteiger partial charge is 0.339 e. The Morgan fingerprint density at radius 3 is 2.67 bits per heavy atom. The maximum absolute atomic E-state index is 12.1. The molecule has 1 aromatic rings. The largest absolute Gasteiger partial charge is 0.480 e. The molecule has 0 radical (unpaired) electrons. The predicted molar refractivity (Wildman–Crippen MR) is 86.6 cm³/mol. The Bertz CT molecular complexity index is 540. The number of carbonyl (C=O) groups is 2. The molecular weight excluding hydrogens is 385 g/mol. The number of carbonyl (C=O) groups excluding carboxylic acids is 1. The second-order valence-corrected chi connectivity index (χ2v) is 6.44. The van der Waals surface area contributed by atoms with E-state index in [0.717, 1.165) is 29.3 Å². The highest BCUT2D eigenvalue weighted by atomic mass is 127. The van der Waals surface area contributed by atoms with Crippen molar-refractivity contribution in [1.82, 2.24) is 5.32 Å². The molecule has 21 heavy (non-hydrogen) atoms. The molecule has 1 aliphatic carbocycles. The zero-order valence-corrected chi connectivity index (χ0v) is 13.9. The van der Waals surface area contributed by atoms with E-state index in [9.17, 15) is 14.7 Å². The molecule has 1 unspecified atom stereocenters. The second kappa shape index (κ2) is 7.11. The van der Waals surface area contributed by atoms with Crippen LogP contribution in [0.5, 0.6) is 5.75 Å². The van der Waals surface area contributed by atoms with Gasteiger partial charge in [0.05, 0.1) is 0 Å². The maximum Gasteiger partial charge on any atom is 0.339 e. The van der Waals surface area contributed by atoms with Crippen LogP contribution in [0.25, 0.3) is 0 Å². The lowest BCUT2D eigenvalue weighted by Crippen LogP contribution is -2.41. The molecule has 0 saturated heterocycles. The zero-order chi connectivity index (χ0) is 15.4. The van der Waals surface area contributed by atoms with Crippen molar-refractivity contribution in [2.75, 3.05) is 0 Å². The Labute approximate surface area is 137 Å². The summed E-state index contributed by atoms with van der Waals surface area (Å²) in [5.41, 5.74) is 0.0717. The molecular formula is C15H18INO4. The van der Waals surface area contributed by atoms with Crippen molar-refractivity contribution >= 4 is 34.5 Å². The van der Waals surface area contributed by atoms with Crippen molar-refractivity contribution in [3.63, 3.8) is 0 Å². The van der Waals surface area contributed by atoms with Crippen LogP contribution in [0.4, 0.5) is 0 Å². The van der Waals surface area contributed by atoms with Crippen LogP contribution in [-0.2, 0) is 4.79 Å². The van der Waals surface area contributed by atoms with Crippen LogP contribution in [0.2, 0.25) is 0 Å². The summed E-state index contributed by atoms with van der Waals surface area (Å²) in [7, 11) is 0. The third kappa shape index (κ3) is 4.33. The first-order valence-electron chi connectivity index (χ1n) is 6.97. The van der Waals surface area contributed by atoms with E-state index in [1.165, 1.54) is 6.07 Å². The number of carboxylic acids is 1. The lowest BCUT2D eigenvalue weighted by Gasteiger charge is -2.19. The van der Waals surface area contributed by atoms with Gasteiger partial charge in [0.2, 0.25) is 0 Å². The third-order valence-corrected chi connectivity index (χ3v) is 4.22. The summed E-state index contributed by atoms with van der Waals surface area (Å²) in [5, 5.41) is 12.1. The molecule has 2 rings (SSSR count). The lowest BCUT2D eigenvalue weighted by molar-refractivity contribution is -0.128. The third-order valence-electron chi connectivity index (χ3n) is 3.55. The number of aromatic carboxylic acids is 1. The molecule has 5 nitrogen and oxygen atoms in total. The van der Waals surface area contributed by atoms with Crippen molar-refractivity contribution in [1.29, 1.82) is 0 Å². The van der Waals surface area contributed by atoms with Gasteiger partial charge in [0.15, 0.2) is 6.10 Å². The first-order valence-corrected chi connectivity index (χ1v) is 8.05. The van der Waals surface area contributed by atoms with Gasteiger partial charge in [-0.05, 0) is 60.6 Å². The van der Waals surface area contributed by atoms with Crippen molar-refractivity contribution in [3.05, 3.63) is 27.3 Å². The monoisotopic (exact) mass is 403 g/mol. The average Bonchev–Trinajstić information content (AvgIpc) is 2.93. The molecule has 0 heterocycles. The minimum atomic E-state index is -1.06. The number of amides is 1. The average molecular weight is 403 g/mol. The summed E-state index contributed by atoms with van der Waals surface area (Å²) in [6, 6.07) is 5.09. The predicted octanol–water partition coefficient (Wildman–Crippen LogP) is 2.82. The van der Waals surface area contributed by atoms with E-state index in [2.05, 4.69) is 5.32 Å². The number of ether oxygens (including phenoxy) is 1. The lowest BCUT2D eigenvalue weighted by atomic mass is 10.2. The van der Waals surface area contributed by atoms with Gasteiger partial charge >= 0.3 is 5.97 Å². The van der Waals surface area contributed by atoms with E-state index in [4.69, 9.17) is 4.74 Å².